The molecule has 1 unspecified atom stereocenters. The van der Waals surface area contributed by atoms with Gasteiger partial charge in [-0.15, -0.1) is 0 Å². The Kier molecular flexibility index (Phi) is 5.61. The van der Waals surface area contributed by atoms with E-state index in [9.17, 15) is 4.79 Å². The number of fused-ring (bicyclic) bond motifs is 1. The first kappa shape index (κ1) is 17.4. The predicted octanol–water partition coefficient (Wildman–Crippen LogP) is 1.60. The molecule has 0 fully saturated rings. The lowest BCUT2D eigenvalue weighted by Crippen LogP contribution is -2.45. The molecule has 1 amide bonds. The van der Waals surface area contributed by atoms with E-state index in [-0.39, 0.29) is 11.8 Å². The number of aryl methyl sites for hydroxylation is 1. The Morgan fingerprint density at radius 3 is 2.84 bits per heavy atom. The lowest BCUT2D eigenvalue weighted by Gasteiger charge is -2.26. The van der Waals surface area contributed by atoms with Crippen LogP contribution in [-0.4, -0.2) is 32.4 Å². The second kappa shape index (κ2) is 8.07. The zero-order valence-corrected chi connectivity index (χ0v) is 14.4. The number of rotatable bonds is 6. The van der Waals surface area contributed by atoms with Crippen LogP contribution in [0.5, 0.6) is 5.75 Å². The van der Waals surface area contributed by atoms with Gasteiger partial charge in [0.2, 0.25) is 5.91 Å². The molecule has 0 aromatic heterocycles. The summed E-state index contributed by atoms with van der Waals surface area (Å²) in [6.45, 7) is 3.35. The average molecular weight is 336 g/mol. The van der Waals surface area contributed by atoms with Crippen molar-refractivity contribution in [1.29, 1.82) is 0 Å². The van der Waals surface area contributed by atoms with Crippen LogP contribution < -0.4 is 21.0 Å². The fraction of sp³-hybridized carbons (Fsp3) is 0.316. The van der Waals surface area contributed by atoms with Gasteiger partial charge in [0.15, 0.2) is 0 Å². The molecule has 5 nitrogen and oxygen atoms in total. The van der Waals surface area contributed by atoms with Crippen LogP contribution in [0.2, 0.25) is 0 Å². The van der Waals surface area contributed by atoms with Crippen molar-refractivity contribution in [3.05, 3.63) is 59.2 Å². The molecule has 1 aliphatic heterocycles. The highest BCUT2D eigenvalue weighted by Gasteiger charge is 2.24. The first-order chi connectivity index (χ1) is 12.2. The zero-order valence-electron chi connectivity index (χ0n) is 14.4. The maximum Gasteiger partial charge on any atom is 0.394 e. The maximum absolute atomic E-state index is 12.3. The highest BCUT2D eigenvalue weighted by molar-refractivity contribution is 6.32. The zero-order chi connectivity index (χ0) is 17.6. The van der Waals surface area contributed by atoms with E-state index >= 15 is 0 Å². The smallest absolute Gasteiger partial charge is 0.394 e. The Labute approximate surface area is 149 Å². The molecule has 0 bridgehead atoms. The van der Waals surface area contributed by atoms with E-state index in [0.717, 1.165) is 41.1 Å². The Morgan fingerprint density at radius 1 is 1.28 bits per heavy atom. The van der Waals surface area contributed by atoms with Crippen LogP contribution >= 0.6 is 0 Å². The summed E-state index contributed by atoms with van der Waals surface area (Å²) < 4.78 is 5.71. The summed E-state index contributed by atoms with van der Waals surface area (Å²) in [5.74, 6) is 0.796. The first-order valence-corrected chi connectivity index (χ1v) is 8.56. The standard InChI is InChI=1S/C19H23BN3O2/c1-13-3-2-4-15-12-17(20-25-19(13)15)23-18(24)11-14-5-7-16(8-6-14)22-10-9-21/h2-8,17,22H,9-12,21H2,1H3,(H,23,24). The Morgan fingerprint density at radius 2 is 2.08 bits per heavy atom. The highest BCUT2D eigenvalue weighted by atomic mass is 16.4. The highest BCUT2D eigenvalue weighted by Crippen LogP contribution is 2.27. The van der Waals surface area contributed by atoms with Crippen LogP contribution in [0.1, 0.15) is 16.7 Å². The third kappa shape index (κ3) is 4.54. The van der Waals surface area contributed by atoms with Crippen molar-refractivity contribution in [3.8, 4) is 5.75 Å². The third-order valence-corrected chi connectivity index (χ3v) is 4.22. The number of benzene rings is 2. The summed E-state index contributed by atoms with van der Waals surface area (Å²) in [5.41, 5.74) is 9.70. The largest absolute Gasteiger partial charge is 0.560 e. The minimum atomic E-state index is -0.104. The number of hydrogen-bond donors (Lipinski definition) is 3. The molecule has 3 rings (SSSR count). The van der Waals surface area contributed by atoms with Gasteiger partial charge in [-0.05, 0) is 42.2 Å². The van der Waals surface area contributed by atoms with Crippen LogP contribution in [0.25, 0.3) is 0 Å². The van der Waals surface area contributed by atoms with E-state index < -0.39 is 0 Å². The lowest BCUT2D eigenvalue weighted by molar-refractivity contribution is -0.120. The van der Waals surface area contributed by atoms with Gasteiger partial charge in [-0.3, -0.25) is 4.79 Å². The molecule has 1 atom stereocenters. The fourth-order valence-corrected chi connectivity index (χ4v) is 2.96. The molecule has 1 radical (unpaired) electrons. The van der Waals surface area contributed by atoms with Crippen molar-refractivity contribution in [1.82, 2.24) is 5.32 Å². The Hall–Kier alpha value is -2.47. The van der Waals surface area contributed by atoms with Gasteiger partial charge >= 0.3 is 7.48 Å². The van der Waals surface area contributed by atoms with Gasteiger partial charge < -0.3 is 21.0 Å². The number of carbonyl (C=O) groups excluding carboxylic acids is 1. The van der Waals surface area contributed by atoms with Crippen molar-refractivity contribution in [2.75, 3.05) is 18.4 Å². The van der Waals surface area contributed by atoms with Crippen LogP contribution in [0.4, 0.5) is 5.69 Å². The van der Waals surface area contributed by atoms with Gasteiger partial charge in [-0.1, -0.05) is 30.3 Å². The molecule has 2 aromatic rings. The van der Waals surface area contributed by atoms with Crippen molar-refractivity contribution in [3.63, 3.8) is 0 Å². The first-order valence-electron chi connectivity index (χ1n) is 8.56. The average Bonchev–Trinajstić information content (AvgIpc) is 2.61. The van der Waals surface area contributed by atoms with Crippen molar-refractivity contribution >= 4 is 19.1 Å². The summed E-state index contributed by atoms with van der Waals surface area (Å²) in [6, 6.07) is 13.9. The predicted molar refractivity (Wildman–Crippen MR) is 101 cm³/mol. The number of carbonyl (C=O) groups is 1. The summed E-state index contributed by atoms with van der Waals surface area (Å²) in [6.07, 6.45) is 1.10. The third-order valence-electron chi connectivity index (χ3n) is 4.22. The molecule has 129 valence electrons. The molecular weight excluding hydrogens is 313 g/mol. The summed E-state index contributed by atoms with van der Waals surface area (Å²) in [5, 5.41) is 6.23. The van der Waals surface area contributed by atoms with Gasteiger partial charge in [-0.25, -0.2) is 0 Å². The molecule has 2 aromatic carbocycles. The van der Waals surface area contributed by atoms with Crippen LogP contribution in [0, 0.1) is 6.92 Å². The van der Waals surface area contributed by atoms with E-state index in [0.29, 0.717) is 13.0 Å². The number of nitrogens with one attached hydrogen (secondary N) is 2. The molecular formula is C19H23BN3O2. The van der Waals surface area contributed by atoms with Crippen LogP contribution in [0.15, 0.2) is 42.5 Å². The van der Waals surface area contributed by atoms with E-state index in [1.54, 1.807) is 7.48 Å². The minimum absolute atomic E-state index is 0.0105. The lowest BCUT2D eigenvalue weighted by atomic mass is 9.79. The fourth-order valence-electron chi connectivity index (χ4n) is 2.96. The van der Waals surface area contributed by atoms with Crippen molar-refractivity contribution in [2.24, 2.45) is 5.73 Å². The molecule has 0 saturated carbocycles. The summed E-state index contributed by atoms with van der Waals surface area (Å²) in [4.78, 5) is 12.3. The Bertz CT molecular complexity index is 734. The number of anilines is 1. The van der Waals surface area contributed by atoms with Gasteiger partial charge in [0.25, 0.3) is 0 Å². The minimum Gasteiger partial charge on any atom is -0.560 e. The summed E-state index contributed by atoms with van der Waals surface area (Å²) >= 11 is 0. The number of amides is 1. The monoisotopic (exact) mass is 336 g/mol. The van der Waals surface area contributed by atoms with Crippen molar-refractivity contribution < 1.29 is 9.45 Å². The SMILES string of the molecule is Cc1cccc2c1O[B]C(NC(=O)Cc1ccc(NCCN)cc1)C2. The molecule has 1 aliphatic rings. The van der Waals surface area contributed by atoms with Gasteiger partial charge in [0.1, 0.15) is 5.75 Å². The maximum atomic E-state index is 12.3. The second-order valence-electron chi connectivity index (χ2n) is 6.28. The molecule has 1 heterocycles. The van der Waals surface area contributed by atoms with Crippen molar-refractivity contribution in [2.45, 2.75) is 25.7 Å². The molecule has 25 heavy (non-hydrogen) atoms. The number of para-hydroxylation sites is 1. The van der Waals surface area contributed by atoms with Crippen LogP contribution in [-0.2, 0) is 17.6 Å². The normalized spacial score (nSPS) is 15.5. The summed E-state index contributed by atoms with van der Waals surface area (Å²) in [7, 11) is 1.72. The molecule has 6 heteroatoms. The van der Waals surface area contributed by atoms with E-state index in [2.05, 4.69) is 10.6 Å². The molecule has 0 saturated heterocycles. The number of hydrogen-bond acceptors (Lipinski definition) is 4. The topological polar surface area (TPSA) is 76.4 Å². The van der Waals surface area contributed by atoms with E-state index in [1.807, 2.05) is 49.4 Å². The molecule has 4 N–H and O–H groups in total. The molecule has 0 spiro atoms. The number of nitrogens with two attached hydrogens (primary N) is 1. The van der Waals surface area contributed by atoms with E-state index in [4.69, 9.17) is 10.4 Å². The van der Waals surface area contributed by atoms with E-state index in [1.165, 1.54) is 0 Å². The van der Waals surface area contributed by atoms with Crippen LogP contribution in [0.3, 0.4) is 0 Å². The van der Waals surface area contributed by atoms with Gasteiger partial charge in [0, 0.05) is 24.7 Å². The quantitative estimate of drug-likeness (QED) is 0.701. The second-order valence-corrected chi connectivity index (χ2v) is 6.28. The van der Waals surface area contributed by atoms with Gasteiger partial charge in [-0.2, -0.15) is 0 Å². The van der Waals surface area contributed by atoms with Gasteiger partial charge in [0.05, 0.1) is 6.42 Å². The Balaban J connectivity index is 1.53. The molecule has 0 aliphatic carbocycles.